The van der Waals surface area contributed by atoms with Crippen LogP contribution in [-0.2, 0) is 9.53 Å². The fraction of sp³-hybridized carbons (Fsp3) is 0.933. The van der Waals surface area contributed by atoms with Crippen molar-refractivity contribution in [2.24, 2.45) is 22.7 Å². The molecule has 2 rings (SSSR count). The van der Waals surface area contributed by atoms with E-state index in [0.29, 0.717) is 17.8 Å². The first-order valence-electron chi connectivity index (χ1n) is 6.97. The lowest BCUT2D eigenvalue weighted by Gasteiger charge is -2.38. The lowest BCUT2D eigenvalue weighted by Crippen LogP contribution is -2.38. The summed E-state index contributed by atoms with van der Waals surface area (Å²) in [5.74, 6) is 1.13. The highest BCUT2D eigenvalue weighted by atomic mass is 16.5. The molecule has 98 valence electrons. The smallest absolute Gasteiger partial charge is 0.306 e. The lowest BCUT2D eigenvalue weighted by atomic mass is 9.70. The monoisotopic (exact) mass is 238 g/mol. The second-order valence-corrected chi connectivity index (χ2v) is 7.19. The van der Waals surface area contributed by atoms with E-state index in [-0.39, 0.29) is 17.5 Å². The van der Waals surface area contributed by atoms with Crippen molar-refractivity contribution in [3.05, 3.63) is 0 Å². The number of hydrogen-bond acceptors (Lipinski definition) is 2. The molecule has 2 saturated carbocycles. The third-order valence-corrected chi connectivity index (χ3v) is 5.56. The van der Waals surface area contributed by atoms with Gasteiger partial charge in [0.05, 0.1) is 0 Å². The van der Waals surface area contributed by atoms with Crippen molar-refractivity contribution in [3.8, 4) is 0 Å². The van der Waals surface area contributed by atoms with Gasteiger partial charge < -0.3 is 4.74 Å². The predicted octanol–water partition coefficient (Wildman–Crippen LogP) is 3.79. The maximum atomic E-state index is 11.8. The van der Waals surface area contributed by atoms with E-state index in [4.69, 9.17) is 4.74 Å². The number of rotatable bonds is 3. The van der Waals surface area contributed by atoms with Crippen molar-refractivity contribution in [1.29, 1.82) is 0 Å². The van der Waals surface area contributed by atoms with Crippen molar-refractivity contribution in [3.63, 3.8) is 0 Å². The first-order valence-corrected chi connectivity index (χ1v) is 6.97. The molecule has 2 aliphatic rings. The largest absolute Gasteiger partial charge is 0.462 e. The molecule has 0 aromatic rings. The van der Waals surface area contributed by atoms with Crippen LogP contribution in [0.25, 0.3) is 0 Å². The Bertz CT molecular complexity index is 319. The molecule has 0 aliphatic heterocycles. The topological polar surface area (TPSA) is 26.3 Å². The Labute approximate surface area is 105 Å². The summed E-state index contributed by atoms with van der Waals surface area (Å²) in [6.45, 7) is 11.1. The Morgan fingerprint density at radius 1 is 1.35 bits per heavy atom. The molecule has 0 radical (unpaired) electrons. The Kier molecular flexibility index (Phi) is 3.04. The molecule has 0 aromatic heterocycles. The maximum Gasteiger partial charge on any atom is 0.306 e. The van der Waals surface area contributed by atoms with Gasteiger partial charge in [-0.3, -0.25) is 4.79 Å². The average Bonchev–Trinajstić information content (AvgIpc) is 2.49. The van der Waals surface area contributed by atoms with Crippen LogP contribution in [0, 0.1) is 22.7 Å². The second kappa shape index (κ2) is 4.00. The number of hydrogen-bond donors (Lipinski definition) is 0. The first kappa shape index (κ1) is 12.9. The molecule has 2 bridgehead atoms. The van der Waals surface area contributed by atoms with Crippen molar-refractivity contribution >= 4 is 5.97 Å². The van der Waals surface area contributed by atoms with Gasteiger partial charge in [-0.1, -0.05) is 34.6 Å². The number of esters is 1. The summed E-state index contributed by atoms with van der Waals surface area (Å²) >= 11 is 0. The molecular weight excluding hydrogens is 212 g/mol. The van der Waals surface area contributed by atoms with E-state index < -0.39 is 0 Å². The molecule has 0 spiro atoms. The summed E-state index contributed by atoms with van der Waals surface area (Å²) in [4.78, 5) is 11.8. The average molecular weight is 238 g/mol. The van der Waals surface area contributed by atoms with Crippen LogP contribution in [0.15, 0.2) is 0 Å². The first-order chi connectivity index (χ1) is 7.77. The molecule has 2 heteroatoms. The zero-order chi connectivity index (χ0) is 12.8. The number of carbonyl (C=O) groups is 1. The Balaban J connectivity index is 2.03. The third kappa shape index (κ3) is 1.90. The van der Waals surface area contributed by atoms with Crippen LogP contribution in [0.1, 0.15) is 60.3 Å². The van der Waals surface area contributed by atoms with Gasteiger partial charge in [-0.2, -0.15) is 0 Å². The van der Waals surface area contributed by atoms with Crippen LogP contribution in [0.2, 0.25) is 0 Å². The Morgan fingerprint density at radius 2 is 2.00 bits per heavy atom. The summed E-state index contributed by atoms with van der Waals surface area (Å²) in [5, 5.41) is 0. The minimum atomic E-state index is -0.00502. The van der Waals surface area contributed by atoms with Crippen LogP contribution in [0.3, 0.4) is 0 Å². The van der Waals surface area contributed by atoms with E-state index in [9.17, 15) is 4.79 Å². The van der Waals surface area contributed by atoms with E-state index in [1.807, 2.05) is 0 Å². The Morgan fingerprint density at radius 3 is 2.41 bits per heavy atom. The summed E-state index contributed by atoms with van der Waals surface area (Å²) < 4.78 is 5.76. The highest BCUT2D eigenvalue weighted by Crippen LogP contribution is 2.66. The maximum absolute atomic E-state index is 11.8. The minimum Gasteiger partial charge on any atom is -0.462 e. The molecule has 0 saturated heterocycles. The van der Waals surface area contributed by atoms with Crippen molar-refractivity contribution in [2.45, 2.75) is 66.4 Å². The van der Waals surface area contributed by atoms with Crippen LogP contribution < -0.4 is 0 Å². The van der Waals surface area contributed by atoms with Gasteiger partial charge in [-0.05, 0) is 36.5 Å². The summed E-state index contributed by atoms with van der Waals surface area (Å²) in [7, 11) is 0. The second-order valence-electron chi connectivity index (χ2n) is 7.19. The van der Waals surface area contributed by atoms with E-state index >= 15 is 0 Å². The fourth-order valence-electron chi connectivity index (χ4n) is 3.85. The highest BCUT2D eigenvalue weighted by molar-refractivity contribution is 5.70. The number of carbonyl (C=O) groups excluding carboxylic acids is 1. The van der Waals surface area contributed by atoms with Crippen molar-refractivity contribution < 1.29 is 9.53 Å². The third-order valence-electron chi connectivity index (χ3n) is 5.56. The lowest BCUT2D eigenvalue weighted by molar-refractivity contribution is -0.157. The van der Waals surface area contributed by atoms with E-state index in [2.05, 4.69) is 34.6 Å². The summed E-state index contributed by atoms with van der Waals surface area (Å²) in [5.41, 5.74) is 0.528. The highest BCUT2D eigenvalue weighted by Gasteiger charge is 2.62. The molecule has 17 heavy (non-hydrogen) atoms. The molecule has 2 aliphatic carbocycles. The SMILES string of the molecule is CC(C)CC(=O)O[C@@H]1C[C@H]2CC[C@]1(C)C2(C)C. The fourth-order valence-corrected chi connectivity index (χ4v) is 3.85. The molecule has 0 amide bonds. The zero-order valence-corrected chi connectivity index (χ0v) is 11.9. The van der Waals surface area contributed by atoms with Crippen LogP contribution in [-0.4, -0.2) is 12.1 Å². The van der Waals surface area contributed by atoms with E-state index in [1.54, 1.807) is 0 Å². The standard InChI is InChI=1S/C15H26O2/c1-10(2)8-13(16)17-12-9-11-6-7-15(12,5)14(11,3)4/h10-12H,6-9H2,1-5H3/t11-,12-,15+/m1/s1. The van der Waals surface area contributed by atoms with Crippen molar-refractivity contribution in [1.82, 2.24) is 0 Å². The van der Waals surface area contributed by atoms with Crippen molar-refractivity contribution in [2.75, 3.05) is 0 Å². The van der Waals surface area contributed by atoms with E-state index in [0.717, 1.165) is 12.3 Å². The molecule has 2 fully saturated rings. The van der Waals surface area contributed by atoms with Gasteiger partial charge in [0.15, 0.2) is 0 Å². The molecule has 0 aromatic carbocycles. The molecule has 3 atom stereocenters. The van der Waals surface area contributed by atoms with Gasteiger partial charge in [0.2, 0.25) is 0 Å². The number of ether oxygens (including phenoxy) is 1. The van der Waals surface area contributed by atoms with Crippen LogP contribution in [0.5, 0.6) is 0 Å². The normalized spacial score (nSPS) is 38.7. The molecule has 0 N–H and O–H groups in total. The van der Waals surface area contributed by atoms with Crippen LogP contribution in [0.4, 0.5) is 0 Å². The van der Waals surface area contributed by atoms with Gasteiger partial charge in [-0.25, -0.2) is 0 Å². The molecular formula is C15H26O2. The summed E-state index contributed by atoms with van der Waals surface area (Å²) in [6, 6.07) is 0. The molecule has 0 unspecified atom stereocenters. The van der Waals surface area contributed by atoms with Gasteiger partial charge in [0, 0.05) is 11.8 Å². The zero-order valence-electron chi connectivity index (χ0n) is 11.9. The van der Waals surface area contributed by atoms with Gasteiger partial charge in [-0.15, -0.1) is 0 Å². The molecule has 2 nitrogen and oxygen atoms in total. The summed E-state index contributed by atoms with van der Waals surface area (Å²) in [6.07, 6.45) is 4.30. The van der Waals surface area contributed by atoms with Gasteiger partial charge >= 0.3 is 5.97 Å². The van der Waals surface area contributed by atoms with Crippen LogP contribution >= 0.6 is 0 Å². The number of fused-ring (bicyclic) bond motifs is 2. The van der Waals surface area contributed by atoms with E-state index in [1.165, 1.54) is 12.8 Å². The Hall–Kier alpha value is -0.530. The minimum absolute atomic E-state index is 0.00502. The molecule has 0 heterocycles. The van der Waals surface area contributed by atoms with Gasteiger partial charge in [0.1, 0.15) is 6.10 Å². The van der Waals surface area contributed by atoms with Gasteiger partial charge in [0.25, 0.3) is 0 Å². The predicted molar refractivity (Wildman–Crippen MR) is 68.6 cm³/mol. The quantitative estimate of drug-likeness (QED) is 0.699.